The predicted octanol–water partition coefficient (Wildman–Crippen LogP) is 7.75. The van der Waals surface area contributed by atoms with Crippen LogP contribution in [0.4, 0.5) is 42.1 Å². The second-order valence-electron chi connectivity index (χ2n) is 8.58. The molecule has 0 aromatic heterocycles. The van der Waals surface area contributed by atoms with E-state index < -0.39 is 57.8 Å². The van der Waals surface area contributed by atoms with Gasteiger partial charge in [0.05, 0.1) is 0 Å². The van der Waals surface area contributed by atoms with Gasteiger partial charge in [-0.25, -0.2) is 17.6 Å². The Morgan fingerprint density at radius 1 is 0.738 bits per heavy atom. The highest BCUT2D eigenvalue weighted by molar-refractivity contribution is 8.00. The minimum Gasteiger partial charge on any atom is -0.484 e. The molecular formula is C29H19F7N2O3S. The van der Waals surface area contributed by atoms with Gasteiger partial charge in [0.15, 0.2) is 29.9 Å². The molecule has 2 N–H and O–H groups in total. The highest BCUT2D eigenvalue weighted by atomic mass is 32.2. The van der Waals surface area contributed by atoms with Crippen LogP contribution in [-0.4, -0.2) is 18.4 Å². The molecule has 0 bridgehead atoms. The Balaban J connectivity index is 1.51. The van der Waals surface area contributed by atoms with Crippen LogP contribution in [-0.2, 0) is 15.8 Å². The number of rotatable bonds is 9. The monoisotopic (exact) mass is 608 g/mol. The van der Waals surface area contributed by atoms with Crippen LogP contribution in [0, 0.1) is 23.3 Å². The van der Waals surface area contributed by atoms with Crippen LogP contribution in [0.2, 0.25) is 0 Å². The number of carbonyl (C=O) groups excluding carboxylic acids is 2. The molecule has 218 valence electrons. The molecular weight excluding hydrogens is 589 g/mol. The Bertz CT molecular complexity index is 1540. The molecule has 0 aliphatic carbocycles. The lowest BCUT2D eigenvalue weighted by atomic mass is 10.1. The van der Waals surface area contributed by atoms with E-state index in [1.165, 1.54) is 36.4 Å². The summed E-state index contributed by atoms with van der Waals surface area (Å²) < 4.78 is 101. The number of hydrogen-bond acceptors (Lipinski definition) is 4. The number of nitrogens with one attached hydrogen (secondary N) is 2. The van der Waals surface area contributed by atoms with Gasteiger partial charge in [0.2, 0.25) is 5.91 Å². The third kappa shape index (κ3) is 7.21. The number of hydrogen-bond donors (Lipinski definition) is 2. The van der Waals surface area contributed by atoms with E-state index in [9.17, 15) is 40.3 Å². The van der Waals surface area contributed by atoms with Gasteiger partial charge in [-0.3, -0.25) is 9.59 Å². The summed E-state index contributed by atoms with van der Waals surface area (Å²) in [7, 11) is 0. The van der Waals surface area contributed by atoms with Crippen LogP contribution in [0.1, 0.15) is 16.4 Å². The van der Waals surface area contributed by atoms with Gasteiger partial charge in [0, 0.05) is 10.6 Å². The summed E-state index contributed by atoms with van der Waals surface area (Å²) in [6.07, 6.45) is -5.72. The van der Waals surface area contributed by atoms with Crippen LogP contribution in [0.5, 0.6) is 5.75 Å². The lowest BCUT2D eigenvalue weighted by Crippen LogP contribution is -2.23. The van der Waals surface area contributed by atoms with E-state index in [1.54, 1.807) is 53.8 Å². The maximum atomic E-state index is 14.4. The zero-order valence-electron chi connectivity index (χ0n) is 21.1. The maximum Gasteiger partial charge on any atom is 0.422 e. The minimum absolute atomic E-state index is 0.255. The molecule has 0 saturated carbocycles. The van der Waals surface area contributed by atoms with E-state index in [0.717, 1.165) is 11.8 Å². The number of ether oxygens (including phenoxy) is 1. The number of amides is 2. The fourth-order valence-corrected chi connectivity index (χ4v) is 4.72. The zero-order chi connectivity index (χ0) is 30.4. The minimum atomic E-state index is -5.72. The molecule has 0 aliphatic heterocycles. The summed E-state index contributed by atoms with van der Waals surface area (Å²) in [4.78, 5) is 25.8. The number of carbonyl (C=O) groups is 2. The smallest absolute Gasteiger partial charge is 0.422 e. The van der Waals surface area contributed by atoms with E-state index in [2.05, 4.69) is 5.32 Å². The Morgan fingerprint density at radius 2 is 1.29 bits per heavy atom. The fraction of sp³-hybridized carbons (Fsp3) is 0.103. The standard InChI is InChI=1S/C29H19F7N2O3S/c30-22-21(29(34,35)36)23(31)25(33)26(24(22)32)38-28(40)27(16-7-3-1-4-8-16)42-19-13-11-17(12-14-19)37-20(39)15-41-18-9-5-2-6-10-18/h1-14,27H,15H2,(H,37,39)(H,38,40). The van der Waals surface area contributed by atoms with Crippen LogP contribution >= 0.6 is 11.8 Å². The lowest BCUT2D eigenvalue weighted by Gasteiger charge is -2.19. The van der Waals surface area contributed by atoms with Crippen LogP contribution in [0.25, 0.3) is 0 Å². The van der Waals surface area contributed by atoms with Gasteiger partial charge >= 0.3 is 6.18 Å². The number of para-hydroxylation sites is 1. The van der Waals surface area contributed by atoms with Crippen molar-refractivity contribution < 1.29 is 45.1 Å². The molecule has 0 aliphatic rings. The highest BCUT2D eigenvalue weighted by Crippen LogP contribution is 2.40. The van der Waals surface area contributed by atoms with Crippen LogP contribution < -0.4 is 15.4 Å². The molecule has 2 amide bonds. The summed E-state index contributed by atoms with van der Waals surface area (Å²) in [6, 6.07) is 22.5. The topological polar surface area (TPSA) is 67.4 Å². The molecule has 0 fully saturated rings. The van der Waals surface area contributed by atoms with Gasteiger partial charge in [-0.15, -0.1) is 11.8 Å². The maximum absolute atomic E-state index is 14.4. The first-order valence-electron chi connectivity index (χ1n) is 12.0. The van der Waals surface area contributed by atoms with Crippen LogP contribution in [0.15, 0.2) is 89.8 Å². The van der Waals surface area contributed by atoms with E-state index >= 15 is 0 Å². The fourth-order valence-electron chi connectivity index (χ4n) is 3.70. The van der Waals surface area contributed by atoms with Gasteiger partial charge in [0.25, 0.3) is 5.91 Å². The highest BCUT2D eigenvalue weighted by Gasteiger charge is 2.42. The van der Waals surface area contributed by atoms with Crippen molar-refractivity contribution in [2.45, 2.75) is 16.3 Å². The zero-order valence-corrected chi connectivity index (χ0v) is 22.0. The third-order valence-corrected chi connectivity index (χ3v) is 6.91. The summed E-state index contributed by atoms with van der Waals surface area (Å²) in [6.45, 7) is -0.255. The van der Waals surface area contributed by atoms with Crippen molar-refractivity contribution in [3.8, 4) is 5.75 Å². The number of benzene rings is 4. The molecule has 4 aromatic carbocycles. The summed E-state index contributed by atoms with van der Waals surface area (Å²) in [5.74, 6) is -11.3. The Hall–Kier alpha value is -4.52. The normalized spacial score (nSPS) is 12.0. The molecule has 0 heterocycles. The number of anilines is 2. The molecule has 4 rings (SSSR count). The predicted molar refractivity (Wildman–Crippen MR) is 142 cm³/mol. The first-order valence-corrected chi connectivity index (χ1v) is 12.9. The molecule has 4 aromatic rings. The molecule has 1 atom stereocenters. The average molecular weight is 609 g/mol. The van der Waals surface area contributed by atoms with E-state index in [1.807, 2.05) is 0 Å². The van der Waals surface area contributed by atoms with Crippen molar-refractivity contribution >= 4 is 35.0 Å². The second kappa shape index (κ2) is 13.0. The first kappa shape index (κ1) is 30.4. The van der Waals surface area contributed by atoms with E-state index in [0.29, 0.717) is 21.9 Å². The van der Waals surface area contributed by atoms with Crippen molar-refractivity contribution in [2.24, 2.45) is 0 Å². The van der Waals surface area contributed by atoms with E-state index in [4.69, 9.17) is 4.74 Å². The van der Waals surface area contributed by atoms with Crippen molar-refractivity contribution in [1.29, 1.82) is 0 Å². The molecule has 42 heavy (non-hydrogen) atoms. The summed E-state index contributed by atoms with van der Waals surface area (Å²) >= 11 is 0.870. The van der Waals surface area contributed by atoms with Crippen molar-refractivity contribution in [1.82, 2.24) is 0 Å². The first-order chi connectivity index (χ1) is 20.0. The molecule has 5 nitrogen and oxygen atoms in total. The summed E-state index contributed by atoms with van der Waals surface area (Å²) in [5, 5.41) is 3.06. The van der Waals surface area contributed by atoms with Crippen molar-refractivity contribution in [3.63, 3.8) is 0 Å². The van der Waals surface area contributed by atoms with Gasteiger partial charge in [0.1, 0.15) is 22.3 Å². The molecule has 13 heteroatoms. The van der Waals surface area contributed by atoms with Crippen molar-refractivity contribution in [3.05, 3.63) is 119 Å². The van der Waals surface area contributed by atoms with Crippen molar-refractivity contribution in [2.75, 3.05) is 17.2 Å². The molecule has 1 unspecified atom stereocenters. The van der Waals surface area contributed by atoms with E-state index in [-0.39, 0.29) is 6.61 Å². The summed E-state index contributed by atoms with van der Waals surface area (Å²) in [5.41, 5.74) is -3.74. The SMILES string of the molecule is O=C(COc1ccccc1)Nc1ccc(SC(C(=O)Nc2c(F)c(F)c(C(F)(F)F)c(F)c2F)c2ccccc2)cc1. The number of thioether (sulfide) groups is 1. The van der Waals surface area contributed by atoms with Gasteiger partial charge < -0.3 is 15.4 Å². The Morgan fingerprint density at radius 3 is 1.83 bits per heavy atom. The number of alkyl halides is 3. The van der Waals surface area contributed by atoms with Gasteiger partial charge in [-0.1, -0.05) is 48.5 Å². The third-order valence-electron chi connectivity index (χ3n) is 5.64. The Labute approximate surface area is 238 Å². The molecule has 0 saturated heterocycles. The van der Waals surface area contributed by atoms with Gasteiger partial charge in [-0.05, 0) is 42.0 Å². The molecule has 0 radical (unpaired) electrons. The quantitative estimate of drug-likeness (QED) is 0.116. The number of halogens is 7. The Kier molecular flexibility index (Phi) is 9.41. The lowest BCUT2D eigenvalue weighted by molar-refractivity contribution is -0.143. The average Bonchev–Trinajstić information content (AvgIpc) is 2.97. The van der Waals surface area contributed by atoms with Gasteiger partial charge in [-0.2, -0.15) is 13.2 Å². The molecule has 0 spiro atoms. The second-order valence-corrected chi connectivity index (χ2v) is 9.75. The van der Waals surface area contributed by atoms with Crippen LogP contribution in [0.3, 0.4) is 0 Å². The largest absolute Gasteiger partial charge is 0.484 e.